The number of carbonyl (C=O) groups is 3. The van der Waals surface area contributed by atoms with Crippen LogP contribution in [0.15, 0.2) is 0 Å². The van der Waals surface area contributed by atoms with Gasteiger partial charge in [-0.3, -0.25) is 19.3 Å². The summed E-state index contributed by atoms with van der Waals surface area (Å²) in [5, 5.41) is 7.26. The smallest absolute Gasteiger partial charge is 0.310 e. The molecule has 0 amide bonds. The molecule has 258 valence electrons. The summed E-state index contributed by atoms with van der Waals surface area (Å²) in [6, 6.07) is 0. The molecule has 0 aromatic rings. The highest BCUT2D eigenvalue weighted by Gasteiger charge is 2.53. The molecule has 0 radical (unpaired) electrons. The highest BCUT2D eigenvalue weighted by atomic mass is 16.6. The maximum absolute atomic E-state index is 14.1. The molecule has 4 aliphatic rings. The third-order valence-corrected chi connectivity index (χ3v) is 11.0. The molecule has 3 unspecified atom stereocenters. The van der Waals surface area contributed by atoms with E-state index in [-0.39, 0.29) is 51.5 Å². The summed E-state index contributed by atoms with van der Waals surface area (Å²) in [5.74, 6) is -3.71. The molecular formula is C36H63N3O6. The highest BCUT2D eigenvalue weighted by molar-refractivity contribution is 5.88. The van der Waals surface area contributed by atoms with Crippen molar-refractivity contribution in [3.8, 4) is 0 Å². The Kier molecular flexibility index (Phi) is 9.69. The van der Waals surface area contributed by atoms with Gasteiger partial charge in [-0.2, -0.15) is 0 Å². The van der Waals surface area contributed by atoms with Gasteiger partial charge in [0.05, 0.1) is 17.8 Å². The summed E-state index contributed by atoms with van der Waals surface area (Å²) in [6.07, 6.45) is 3.97. The van der Waals surface area contributed by atoms with Crippen molar-refractivity contribution in [2.45, 2.75) is 186 Å². The number of piperidine rings is 3. The average Bonchev–Trinajstić information content (AvgIpc) is 3.23. The van der Waals surface area contributed by atoms with E-state index in [1.54, 1.807) is 0 Å². The predicted molar refractivity (Wildman–Crippen MR) is 176 cm³/mol. The van der Waals surface area contributed by atoms with Gasteiger partial charge in [-0.15, -0.1) is 0 Å². The second-order valence-electron chi connectivity index (χ2n) is 18.7. The molecule has 0 bridgehead atoms. The summed E-state index contributed by atoms with van der Waals surface area (Å²) in [6.45, 7) is 25.6. The molecule has 3 heterocycles. The van der Waals surface area contributed by atoms with Crippen molar-refractivity contribution in [3.05, 3.63) is 0 Å². The van der Waals surface area contributed by atoms with Gasteiger partial charge in [0.15, 0.2) is 0 Å². The maximum atomic E-state index is 14.1. The number of esters is 3. The van der Waals surface area contributed by atoms with Gasteiger partial charge in [0.1, 0.15) is 18.3 Å². The number of nitrogens with zero attached hydrogens (tertiary/aromatic N) is 1. The summed E-state index contributed by atoms with van der Waals surface area (Å²) in [4.78, 5) is 44.3. The van der Waals surface area contributed by atoms with Gasteiger partial charge in [-0.25, -0.2) is 0 Å². The zero-order valence-electron chi connectivity index (χ0n) is 30.5. The molecule has 9 nitrogen and oxygen atoms in total. The van der Waals surface area contributed by atoms with Crippen molar-refractivity contribution >= 4 is 17.9 Å². The van der Waals surface area contributed by atoms with Crippen molar-refractivity contribution in [1.82, 2.24) is 15.5 Å². The van der Waals surface area contributed by atoms with Crippen LogP contribution in [0, 0.1) is 17.8 Å². The second-order valence-corrected chi connectivity index (χ2v) is 18.7. The van der Waals surface area contributed by atoms with Crippen molar-refractivity contribution in [3.63, 3.8) is 0 Å². The molecular weight excluding hydrogens is 570 g/mol. The first-order chi connectivity index (χ1) is 20.3. The molecule has 4 rings (SSSR count). The molecule has 45 heavy (non-hydrogen) atoms. The maximum Gasteiger partial charge on any atom is 0.310 e. The van der Waals surface area contributed by atoms with Gasteiger partial charge in [0.25, 0.3) is 0 Å². The van der Waals surface area contributed by atoms with E-state index in [9.17, 15) is 14.4 Å². The lowest BCUT2D eigenvalue weighted by Crippen LogP contribution is -2.60. The summed E-state index contributed by atoms with van der Waals surface area (Å²) >= 11 is 0. The van der Waals surface area contributed by atoms with Crippen LogP contribution in [0.4, 0.5) is 0 Å². The molecule has 1 saturated carbocycles. The number of hydrogen-bond acceptors (Lipinski definition) is 9. The molecule has 1 aliphatic carbocycles. The standard InChI is InChI=1S/C36H63N3O6/c1-31(2)16-22(17-32(3,4)37-31)43-28(40)25-14-15-26(29(41)44-24-20-35(9,10)39(13)36(11,12)21-24)27(25)30(42)45-23-18-33(5,6)38-34(7,8)19-23/h22-27,37-38H,14-21H2,1-13H3. The van der Waals surface area contributed by atoms with Crippen molar-refractivity contribution < 1.29 is 28.6 Å². The summed E-state index contributed by atoms with van der Waals surface area (Å²) < 4.78 is 18.6. The van der Waals surface area contributed by atoms with E-state index >= 15 is 0 Å². The number of likely N-dealkylation sites (tertiary alicyclic amines) is 1. The van der Waals surface area contributed by atoms with Gasteiger partial charge in [-0.1, -0.05) is 0 Å². The van der Waals surface area contributed by atoms with E-state index in [0.717, 1.165) is 0 Å². The molecule has 3 aliphatic heterocycles. The lowest BCUT2D eigenvalue weighted by atomic mass is 9.78. The fourth-order valence-electron chi connectivity index (χ4n) is 9.59. The Balaban J connectivity index is 1.55. The zero-order valence-corrected chi connectivity index (χ0v) is 30.5. The molecule has 3 saturated heterocycles. The van der Waals surface area contributed by atoms with E-state index in [1.165, 1.54) is 0 Å². The number of rotatable bonds is 6. The van der Waals surface area contributed by atoms with Gasteiger partial charge in [0, 0.05) is 71.8 Å². The Morgan fingerprint density at radius 1 is 0.511 bits per heavy atom. The Bertz CT molecular complexity index is 1090. The lowest BCUT2D eigenvalue weighted by molar-refractivity contribution is -0.177. The molecule has 0 spiro atoms. The number of ether oxygens (including phenoxy) is 3. The van der Waals surface area contributed by atoms with Gasteiger partial charge in [0.2, 0.25) is 0 Å². The van der Waals surface area contributed by atoms with Crippen LogP contribution in [-0.2, 0) is 28.6 Å². The second kappa shape index (κ2) is 12.1. The Morgan fingerprint density at radius 2 is 0.800 bits per heavy atom. The van der Waals surface area contributed by atoms with Crippen LogP contribution in [0.2, 0.25) is 0 Å². The quantitative estimate of drug-likeness (QED) is 0.289. The summed E-state index contributed by atoms with van der Waals surface area (Å²) in [7, 11) is 2.12. The van der Waals surface area contributed by atoms with E-state index in [4.69, 9.17) is 14.2 Å². The Labute approximate surface area is 272 Å². The van der Waals surface area contributed by atoms with Crippen LogP contribution in [-0.4, -0.2) is 81.4 Å². The third kappa shape index (κ3) is 8.61. The van der Waals surface area contributed by atoms with E-state index in [1.807, 2.05) is 0 Å². The monoisotopic (exact) mass is 633 g/mol. The first kappa shape index (κ1) is 36.1. The lowest BCUT2D eigenvalue weighted by Gasteiger charge is -2.53. The summed E-state index contributed by atoms with van der Waals surface area (Å²) in [5.41, 5.74) is -1.15. The minimum atomic E-state index is -0.930. The van der Waals surface area contributed by atoms with Gasteiger partial charge >= 0.3 is 17.9 Å². The van der Waals surface area contributed by atoms with Crippen molar-refractivity contribution in [1.29, 1.82) is 0 Å². The molecule has 0 aromatic heterocycles. The topological polar surface area (TPSA) is 106 Å². The van der Waals surface area contributed by atoms with Crippen molar-refractivity contribution in [2.24, 2.45) is 17.8 Å². The number of nitrogens with one attached hydrogen (secondary N) is 2. The predicted octanol–water partition coefficient (Wildman–Crippen LogP) is 5.53. The molecule has 2 N–H and O–H groups in total. The molecule has 9 heteroatoms. The number of hydrogen-bond donors (Lipinski definition) is 2. The highest BCUT2D eigenvalue weighted by Crippen LogP contribution is 2.44. The van der Waals surface area contributed by atoms with Gasteiger partial charge < -0.3 is 24.8 Å². The fraction of sp³-hybridized carbons (Fsp3) is 0.917. The fourth-order valence-corrected chi connectivity index (χ4v) is 9.59. The molecule has 0 aromatic carbocycles. The normalized spacial score (nSPS) is 32.9. The van der Waals surface area contributed by atoms with Crippen LogP contribution in [0.25, 0.3) is 0 Å². The largest absolute Gasteiger partial charge is 0.462 e. The van der Waals surface area contributed by atoms with E-state index in [0.29, 0.717) is 51.4 Å². The molecule has 4 fully saturated rings. The first-order valence-corrected chi connectivity index (χ1v) is 17.2. The zero-order chi connectivity index (χ0) is 34.0. The first-order valence-electron chi connectivity index (χ1n) is 17.2. The minimum absolute atomic E-state index is 0.155. The van der Waals surface area contributed by atoms with Crippen LogP contribution in [0.5, 0.6) is 0 Å². The minimum Gasteiger partial charge on any atom is -0.462 e. The Morgan fingerprint density at radius 3 is 1.13 bits per heavy atom. The van der Waals surface area contributed by atoms with E-state index < -0.39 is 35.7 Å². The third-order valence-electron chi connectivity index (χ3n) is 11.0. The van der Waals surface area contributed by atoms with Crippen LogP contribution in [0.3, 0.4) is 0 Å². The van der Waals surface area contributed by atoms with Crippen molar-refractivity contribution in [2.75, 3.05) is 7.05 Å². The van der Waals surface area contributed by atoms with Crippen LogP contribution >= 0.6 is 0 Å². The SMILES string of the molecule is CN1C(C)(C)CC(OC(=O)C2CCC(C(=O)OC3CC(C)(C)NC(C)(C)C3)C2C(=O)OC2CC(C)(C)NC(C)(C)C2)CC1(C)C. The Hall–Kier alpha value is -1.71. The van der Waals surface area contributed by atoms with Crippen LogP contribution in [0.1, 0.15) is 134 Å². The average molecular weight is 634 g/mol. The number of carbonyl (C=O) groups excluding carboxylic acids is 3. The van der Waals surface area contributed by atoms with E-state index in [2.05, 4.69) is 106 Å². The van der Waals surface area contributed by atoms with Gasteiger partial charge in [-0.05, 0) is 103 Å². The molecule has 3 atom stereocenters. The van der Waals surface area contributed by atoms with Crippen LogP contribution < -0.4 is 10.6 Å².